The van der Waals surface area contributed by atoms with Gasteiger partial charge in [0.1, 0.15) is 0 Å². The minimum Gasteiger partial charge on any atom is -0.425 e. The zero-order valence-corrected chi connectivity index (χ0v) is 14.8. The van der Waals surface area contributed by atoms with E-state index in [2.05, 4.69) is 4.90 Å². The van der Waals surface area contributed by atoms with Gasteiger partial charge in [-0.3, -0.25) is 9.59 Å². The van der Waals surface area contributed by atoms with Crippen LogP contribution in [0.3, 0.4) is 0 Å². The first-order chi connectivity index (χ1) is 11.4. The number of piperidine rings is 1. The molecule has 0 aromatic rings. The molecule has 2 atom stereocenters. The molecular formula is C17H28N2O5. The van der Waals surface area contributed by atoms with Crippen molar-refractivity contribution >= 4 is 17.8 Å². The van der Waals surface area contributed by atoms with Crippen LogP contribution in [0.4, 0.5) is 4.79 Å². The number of ketones is 1. The van der Waals surface area contributed by atoms with Crippen LogP contribution in [0.5, 0.6) is 0 Å². The predicted molar refractivity (Wildman–Crippen MR) is 87.3 cm³/mol. The number of carbonyl (C=O) groups excluding carboxylic acids is 3. The van der Waals surface area contributed by atoms with Crippen LogP contribution < -0.4 is 0 Å². The highest BCUT2D eigenvalue weighted by atomic mass is 16.7. The van der Waals surface area contributed by atoms with Gasteiger partial charge >= 0.3 is 12.1 Å². The van der Waals surface area contributed by atoms with Crippen molar-refractivity contribution in [3.8, 4) is 0 Å². The number of Topliss-reactive ketones (excluding diaryl/α,β-unsaturated/α-hetero) is 1. The minimum absolute atomic E-state index is 0.0664. The highest BCUT2D eigenvalue weighted by molar-refractivity contribution is 5.87. The molecule has 7 heteroatoms. The van der Waals surface area contributed by atoms with E-state index in [1.807, 2.05) is 7.05 Å². The summed E-state index contributed by atoms with van der Waals surface area (Å²) in [6, 6.07) is -0.428. The lowest BCUT2D eigenvalue weighted by molar-refractivity contribution is -0.173. The molecule has 1 saturated heterocycles. The van der Waals surface area contributed by atoms with Gasteiger partial charge in [0.15, 0.2) is 5.78 Å². The van der Waals surface area contributed by atoms with Crippen molar-refractivity contribution in [2.45, 2.75) is 57.8 Å². The van der Waals surface area contributed by atoms with Crippen LogP contribution in [0.15, 0.2) is 0 Å². The maximum absolute atomic E-state index is 12.2. The Bertz CT molecular complexity index is 474. The number of likely N-dealkylation sites (N-methyl/N-ethyl adjacent to an activating group) is 1. The fourth-order valence-corrected chi connectivity index (χ4v) is 3.25. The molecule has 2 aliphatic rings. The van der Waals surface area contributed by atoms with Crippen LogP contribution in [0, 0.1) is 5.92 Å². The summed E-state index contributed by atoms with van der Waals surface area (Å²) in [7, 11) is 3.58. The molecule has 1 saturated carbocycles. The van der Waals surface area contributed by atoms with Crippen molar-refractivity contribution in [2.24, 2.45) is 5.92 Å². The smallest absolute Gasteiger partial charge is 0.413 e. The highest BCUT2D eigenvalue weighted by Crippen LogP contribution is 2.21. The van der Waals surface area contributed by atoms with Crippen LogP contribution in [-0.2, 0) is 19.1 Å². The number of nitrogens with zero attached hydrogens (tertiary/aromatic N) is 2. The van der Waals surface area contributed by atoms with Gasteiger partial charge in [0.05, 0.1) is 12.0 Å². The Morgan fingerprint density at radius 1 is 1.17 bits per heavy atom. The monoisotopic (exact) mass is 340 g/mol. The van der Waals surface area contributed by atoms with Crippen LogP contribution in [-0.4, -0.2) is 67.2 Å². The number of esters is 1. The van der Waals surface area contributed by atoms with Crippen molar-refractivity contribution in [3.63, 3.8) is 0 Å². The van der Waals surface area contributed by atoms with Gasteiger partial charge in [0.2, 0.25) is 6.29 Å². The molecule has 7 nitrogen and oxygen atoms in total. The molecule has 0 spiro atoms. The molecule has 136 valence electrons. The van der Waals surface area contributed by atoms with Gasteiger partial charge in [-0.05, 0) is 45.8 Å². The summed E-state index contributed by atoms with van der Waals surface area (Å²) < 4.78 is 10.4. The fraction of sp³-hybridized carbons (Fsp3) is 0.824. The van der Waals surface area contributed by atoms with Crippen LogP contribution in [0.25, 0.3) is 0 Å². The van der Waals surface area contributed by atoms with Gasteiger partial charge in [-0.2, -0.15) is 0 Å². The Labute approximate surface area is 143 Å². The number of ether oxygens (including phenoxy) is 2. The number of amides is 1. The van der Waals surface area contributed by atoms with Crippen LogP contribution in [0.2, 0.25) is 0 Å². The summed E-state index contributed by atoms with van der Waals surface area (Å²) in [5.74, 6) is -0.392. The van der Waals surface area contributed by atoms with Crippen molar-refractivity contribution in [3.05, 3.63) is 0 Å². The predicted octanol–water partition coefficient (Wildman–Crippen LogP) is 1.80. The molecule has 0 bridgehead atoms. The molecule has 0 aromatic heterocycles. The van der Waals surface area contributed by atoms with E-state index in [1.54, 1.807) is 7.05 Å². The first-order valence-corrected chi connectivity index (χ1v) is 8.73. The summed E-state index contributed by atoms with van der Waals surface area (Å²) in [5, 5.41) is 0. The molecule has 1 aliphatic carbocycles. The number of likely N-dealkylation sites (tertiary alicyclic amines) is 1. The Morgan fingerprint density at radius 3 is 2.46 bits per heavy atom. The van der Waals surface area contributed by atoms with E-state index < -0.39 is 18.4 Å². The quantitative estimate of drug-likeness (QED) is 0.574. The molecule has 2 unspecified atom stereocenters. The summed E-state index contributed by atoms with van der Waals surface area (Å²) in [4.78, 5) is 39.7. The molecule has 0 radical (unpaired) electrons. The van der Waals surface area contributed by atoms with E-state index >= 15 is 0 Å². The van der Waals surface area contributed by atoms with Gasteiger partial charge in [0, 0.05) is 20.4 Å². The fourth-order valence-electron chi connectivity index (χ4n) is 3.25. The molecule has 0 N–H and O–H groups in total. The number of rotatable bonds is 4. The summed E-state index contributed by atoms with van der Waals surface area (Å²) in [6.45, 7) is 3.25. The number of carbonyl (C=O) groups is 3. The van der Waals surface area contributed by atoms with E-state index in [0.29, 0.717) is 12.8 Å². The minimum atomic E-state index is -0.953. The normalized spacial score (nSPS) is 24.3. The summed E-state index contributed by atoms with van der Waals surface area (Å²) in [6.07, 6.45) is 2.90. The molecule has 2 rings (SSSR count). The third-order valence-electron chi connectivity index (χ3n) is 4.88. The lowest BCUT2D eigenvalue weighted by Gasteiger charge is -2.31. The second kappa shape index (κ2) is 8.46. The zero-order valence-electron chi connectivity index (χ0n) is 14.8. The van der Waals surface area contributed by atoms with Crippen molar-refractivity contribution < 1.29 is 23.9 Å². The van der Waals surface area contributed by atoms with Crippen molar-refractivity contribution in [1.29, 1.82) is 0 Å². The maximum atomic E-state index is 12.2. The third kappa shape index (κ3) is 4.93. The SMILES string of the molecule is CC(OC(=O)C1CCN(C)CC1)OC(=O)N(C)C1CCCCC1=O. The van der Waals surface area contributed by atoms with Gasteiger partial charge in [-0.25, -0.2) is 4.79 Å². The second-order valence-electron chi connectivity index (χ2n) is 6.80. The summed E-state index contributed by atoms with van der Waals surface area (Å²) in [5.41, 5.74) is 0. The largest absolute Gasteiger partial charge is 0.425 e. The average Bonchev–Trinajstić information content (AvgIpc) is 2.55. The molecule has 1 heterocycles. The van der Waals surface area contributed by atoms with Crippen molar-refractivity contribution in [1.82, 2.24) is 9.80 Å². The topological polar surface area (TPSA) is 76.2 Å². The second-order valence-corrected chi connectivity index (χ2v) is 6.80. The molecule has 2 fully saturated rings. The van der Waals surface area contributed by atoms with Gasteiger partial charge < -0.3 is 19.3 Å². The Morgan fingerprint density at radius 2 is 1.83 bits per heavy atom. The molecule has 1 aliphatic heterocycles. The lowest BCUT2D eigenvalue weighted by Crippen LogP contribution is -2.45. The van der Waals surface area contributed by atoms with Gasteiger partial charge in [-0.1, -0.05) is 6.42 Å². The van der Waals surface area contributed by atoms with Crippen LogP contribution >= 0.6 is 0 Å². The zero-order chi connectivity index (χ0) is 17.7. The van der Waals surface area contributed by atoms with E-state index in [0.717, 1.165) is 38.8 Å². The van der Waals surface area contributed by atoms with Crippen molar-refractivity contribution in [2.75, 3.05) is 27.2 Å². The van der Waals surface area contributed by atoms with Crippen LogP contribution in [0.1, 0.15) is 45.4 Å². The highest BCUT2D eigenvalue weighted by Gasteiger charge is 2.31. The number of hydrogen-bond acceptors (Lipinski definition) is 6. The van der Waals surface area contributed by atoms with E-state index in [9.17, 15) is 14.4 Å². The number of hydrogen-bond donors (Lipinski definition) is 0. The van der Waals surface area contributed by atoms with Gasteiger partial charge in [0.25, 0.3) is 0 Å². The average molecular weight is 340 g/mol. The molecule has 1 amide bonds. The lowest BCUT2D eigenvalue weighted by atomic mass is 9.93. The summed E-state index contributed by atoms with van der Waals surface area (Å²) >= 11 is 0. The van der Waals surface area contributed by atoms with E-state index in [4.69, 9.17) is 9.47 Å². The molecular weight excluding hydrogens is 312 g/mol. The third-order valence-corrected chi connectivity index (χ3v) is 4.88. The molecule has 24 heavy (non-hydrogen) atoms. The maximum Gasteiger partial charge on any atom is 0.413 e. The Balaban J connectivity index is 1.78. The van der Waals surface area contributed by atoms with E-state index in [-0.39, 0.29) is 17.7 Å². The van der Waals surface area contributed by atoms with Gasteiger partial charge in [-0.15, -0.1) is 0 Å². The Kier molecular flexibility index (Phi) is 6.60. The first kappa shape index (κ1) is 18.7. The standard InChI is InChI=1S/C17H28N2O5/c1-12(23-16(21)13-8-10-18(2)11-9-13)24-17(22)19(3)14-6-4-5-7-15(14)20/h12-14H,4-11H2,1-3H3. The van der Waals surface area contributed by atoms with E-state index in [1.165, 1.54) is 11.8 Å². The first-order valence-electron chi connectivity index (χ1n) is 8.73. The Hall–Kier alpha value is -1.63. The molecule has 0 aromatic carbocycles.